The molecule has 6 heteroatoms. The van der Waals surface area contributed by atoms with Crippen LogP contribution in [0.4, 0.5) is 0 Å². The van der Waals surface area contributed by atoms with Crippen molar-refractivity contribution in [1.29, 1.82) is 0 Å². The van der Waals surface area contributed by atoms with Crippen molar-refractivity contribution in [2.75, 3.05) is 6.54 Å². The molecule has 1 saturated heterocycles. The maximum absolute atomic E-state index is 12.4. The summed E-state index contributed by atoms with van der Waals surface area (Å²) in [7, 11) is 0. The molecule has 2 N–H and O–H groups in total. The average molecular weight is 458 g/mol. The third kappa shape index (κ3) is 4.93. The third-order valence-electron chi connectivity index (χ3n) is 4.49. The van der Waals surface area contributed by atoms with Crippen LogP contribution in [0.1, 0.15) is 49.7 Å². The first-order valence-electron chi connectivity index (χ1n) is 8.13. The molecule has 1 fully saturated rings. The molecular weight excluding hydrogens is 436 g/mol. The van der Waals surface area contributed by atoms with E-state index in [2.05, 4.69) is 44.0 Å². The zero-order valence-electron chi connectivity index (χ0n) is 13.7. The molecule has 2 amide bonds. The van der Waals surface area contributed by atoms with Crippen molar-refractivity contribution in [3.8, 4) is 0 Å². The van der Waals surface area contributed by atoms with E-state index in [0.29, 0.717) is 25.3 Å². The maximum atomic E-state index is 12.4. The van der Waals surface area contributed by atoms with Crippen LogP contribution in [0, 0.1) is 0 Å². The van der Waals surface area contributed by atoms with Crippen LogP contribution in [0.25, 0.3) is 6.08 Å². The molecule has 0 aliphatic carbocycles. The Bertz CT molecular complexity index is 642. The van der Waals surface area contributed by atoms with Crippen molar-refractivity contribution in [2.24, 2.45) is 5.73 Å². The molecule has 1 aliphatic heterocycles. The van der Waals surface area contributed by atoms with Gasteiger partial charge in [0.1, 0.15) is 6.04 Å². The van der Waals surface area contributed by atoms with E-state index < -0.39 is 11.9 Å². The molecule has 24 heavy (non-hydrogen) atoms. The molecule has 1 aliphatic rings. The Kier molecular flexibility index (Phi) is 7.04. The van der Waals surface area contributed by atoms with Gasteiger partial charge < -0.3 is 10.6 Å². The number of nitrogens with zero attached hydrogens (tertiary/aromatic N) is 1. The van der Waals surface area contributed by atoms with Gasteiger partial charge in [0.05, 0.1) is 3.39 Å². The first kappa shape index (κ1) is 19.2. The maximum Gasteiger partial charge on any atom is 0.240 e. The van der Waals surface area contributed by atoms with Gasteiger partial charge in [0.2, 0.25) is 11.8 Å². The number of benzene rings is 1. The molecule has 2 rings (SSSR count). The highest BCUT2D eigenvalue weighted by Gasteiger charge is 2.30. The second kappa shape index (κ2) is 8.81. The normalized spacial score (nSPS) is 19.5. The van der Waals surface area contributed by atoms with E-state index in [-0.39, 0.29) is 5.91 Å². The second-order valence-corrected chi connectivity index (χ2v) is 8.81. The molecule has 0 spiro atoms. The predicted octanol–water partition coefficient (Wildman–Crippen LogP) is 4.13. The van der Waals surface area contributed by atoms with E-state index in [0.717, 1.165) is 21.8 Å². The number of carbonyl (C=O) groups excluding carboxylic acids is 2. The number of nitrogens with two attached hydrogens (primary N) is 1. The third-order valence-corrected chi connectivity index (χ3v) is 4.95. The summed E-state index contributed by atoms with van der Waals surface area (Å²) in [6, 6.07) is 7.84. The second-order valence-electron chi connectivity index (χ2n) is 6.04. The lowest BCUT2D eigenvalue weighted by molar-refractivity contribution is -0.139. The van der Waals surface area contributed by atoms with Crippen molar-refractivity contribution >= 4 is 49.8 Å². The lowest BCUT2D eigenvalue weighted by Crippen LogP contribution is -2.47. The number of amides is 2. The van der Waals surface area contributed by atoms with E-state index in [1.807, 2.05) is 25.1 Å². The van der Waals surface area contributed by atoms with Crippen molar-refractivity contribution in [3.63, 3.8) is 0 Å². The quantitative estimate of drug-likeness (QED) is 0.722. The minimum absolute atomic E-state index is 0.0300. The summed E-state index contributed by atoms with van der Waals surface area (Å²) in [5, 5.41) is 0. The fourth-order valence-corrected chi connectivity index (χ4v) is 3.80. The van der Waals surface area contributed by atoms with Crippen LogP contribution in [0.3, 0.4) is 0 Å². The Labute approximate surface area is 159 Å². The van der Waals surface area contributed by atoms with Crippen LogP contribution in [-0.2, 0) is 9.59 Å². The SMILES string of the molecule is CCC(C(N)=O)N1CCC(c2cccc(C=C(Br)Br)c2)CCC1=O. The minimum atomic E-state index is -0.491. The first-order valence-corrected chi connectivity index (χ1v) is 9.72. The lowest BCUT2D eigenvalue weighted by atomic mass is 9.91. The molecule has 2 atom stereocenters. The van der Waals surface area contributed by atoms with Gasteiger partial charge in [-0.25, -0.2) is 0 Å². The van der Waals surface area contributed by atoms with Gasteiger partial charge in [-0.05, 0) is 74.2 Å². The summed E-state index contributed by atoms with van der Waals surface area (Å²) in [4.78, 5) is 25.7. The Morgan fingerprint density at radius 2 is 2.17 bits per heavy atom. The number of carbonyl (C=O) groups is 2. The van der Waals surface area contributed by atoms with Crippen LogP contribution >= 0.6 is 31.9 Å². The number of halogens is 2. The monoisotopic (exact) mass is 456 g/mol. The van der Waals surface area contributed by atoms with Gasteiger partial charge in [-0.2, -0.15) is 0 Å². The fourth-order valence-electron chi connectivity index (χ4n) is 3.27. The van der Waals surface area contributed by atoms with Gasteiger partial charge in [0.25, 0.3) is 0 Å². The number of likely N-dealkylation sites (tertiary alicyclic amines) is 1. The van der Waals surface area contributed by atoms with Gasteiger partial charge >= 0.3 is 0 Å². The van der Waals surface area contributed by atoms with Crippen molar-refractivity contribution < 1.29 is 9.59 Å². The molecule has 1 heterocycles. The number of hydrogen-bond donors (Lipinski definition) is 1. The van der Waals surface area contributed by atoms with Crippen LogP contribution in [-0.4, -0.2) is 29.3 Å². The molecule has 0 saturated carbocycles. The average Bonchev–Trinajstić information content (AvgIpc) is 2.70. The standard InChI is InChI=1S/C18H22Br2N2O2/c1-2-15(18(21)24)22-9-8-13(6-7-17(22)23)14-5-3-4-12(10-14)11-16(19)20/h3-5,10-11,13,15H,2,6-9H2,1H3,(H2,21,24). The Balaban J connectivity index is 2.17. The van der Waals surface area contributed by atoms with E-state index in [1.54, 1.807) is 4.90 Å². The molecule has 0 aromatic heterocycles. The van der Waals surface area contributed by atoms with Gasteiger partial charge in [0, 0.05) is 13.0 Å². The van der Waals surface area contributed by atoms with Crippen molar-refractivity contribution in [1.82, 2.24) is 4.90 Å². The van der Waals surface area contributed by atoms with Crippen LogP contribution < -0.4 is 5.73 Å². The van der Waals surface area contributed by atoms with Crippen LogP contribution in [0.2, 0.25) is 0 Å². The molecular formula is C18H22Br2N2O2. The Morgan fingerprint density at radius 3 is 2.79 bits per heavy atom. The minimum Gasteiger partial charge on any atom is -0.368 e. The molecule has 1 aromatic rings. The fraction of sp³-hybridized carbons (Fsp3) is 0.444. The van der Waals surface area contributed by atoms with E-state index >= 15 is 0 Å². The molecule has 4 nitrogen and oxygen atoms in total. The predicted molar refractivity (Wildman–Crippen MR) is 104 cm³/mol. The highest BCUT2D eigenvalue weighted by molar-refractivity contribution is 9.28. The first-order chi connectivity index (χ1) is 11.4. The Morgan fingerprint density at radius 1 is 1.42 bits per heavy atom. The summed E-state index contributed by atoms with van der Waals surface area (Å²) in [6.45, 7) is 2.46. The van der Waals surface area contributed by atoms with Gasteiger partial charge in [0.15, 0.2) is 0 Å². The molecule has 0 radical (unpaired) electrons. The highest BCUT2D eigenvalue weighted by Crippen LogP contribution is 2.31. The molecule has 130 valence electrons. The largest absolute Gasteiger partial charge is 0.368 e. The molecule has 0 bridgehead atoms. The number of primary amides is 1. The summed E-state index contributed by atoms with van der Waals surface area (Å²) >= 11 is 6.76. The van der Waals surface area contributed by atoms with Gasteiger partial charge in [-0.1, -0.05) is 31.2 Å². The zero-order valence-corrected chi connectivity index (χ0v) is 16.8. The Hall–Kier alpha value is -1.14. The summed E-state index contributed by atoms with van der Waals surface area (Å²) in [6.07, 6.45) is 4.66. The zero-order chi connectivity index (χ0) is 17.7. The van der Waals surface area contributed by atoms with Crippen molar-refractivity contribution in [3.05, 3.63) is 38.8 Å². The highest BCUT2D eigenvalue weighted by atomic mass is 79.9. The van der Waals surface area contributed by atoms with E-state index in [9.17, 15) is 9.59 Å². The summed E-state index contributed by atoms with van der Waals surface area (Å²) in [5.41, 5.74) is 7.79. The molecule has 1 aromatic carbocycles. The van der Waals surface area contributed by atoms with E-state index in [4.69, 9.17) is 5.73 Å². The lowest BCUT2D eigenvalue weighted by Gasteiger charge is -2.27. The topological polar surface area (TPSA) is 63.4 Å². The van der Waals surface area contributed by atoms with Crippen LogP contribution in [0.5, 0.6) is 0 Å². The number of rotatable bonds is 5. The van der Waals surface area contributed by atoms with Crippen LogP contribution in [0.15, 0.2) is 27.7 Å². The molecule has 2 unspecified atom stereocenters. The van der Waals surface area contributed by atoms with Crippen molar-refractivity contribution in [2.45, 2.75) is 44.6 Å². The summed E-state index contributed by atoms with van der Waals surface area (Å²) < 4.78 is 0.890. The van der Waals surface area contributed by atoms with E-state index in [1.165, 1.54) is 5.56 Å². The van der Waals surface area contributed by atoms with Gasteiger partial charge in [-0.3, -0.25) is 9.59 Å². The smallest absolute Gasteiger partial charge is 0.240 e. The van der Waals surface area contributed by atoms with Gasteiger partial charge in [-0.15, -0.1) is 0 Å². The number of hydrogen-bond acceptors (Lipinski definition) is 2. The summed E-state index contributed by atoms with van der Waals surface area (Å²) in [5.74, 6) is -0.0761.